The summed E-state index contributed by atoms with van der Waals surface area (Å²) in [4.78, 5) is 0. The predicted octanol–water partition coefficient (Wildman–Crippen LogP) is 3.78. The summed E-state index contributed by atoms with van der Waals surface area (Å²) in [6.45, 7) is 5.04. The molecule has 1 saturated carbocycles. The van der Waals surface area contributed by atoms with Gasteiger partial charge in [0.15, 0.2) is 0 Å². The van der Waals surface area contributed by atoms with Crippen molar-refractivity contribution in [3.63, 3.8) is 0 Å². The standard InChI is InChI=1S/C14H20OS/c1-11-6-12(2)8-13(7-11)15-9-14(10-16)4-3-5-14/h6-8,16H,3-5,9-10H2,1-2H3. The topological polar surface area (TPSA) is 9.23 Å². The largest absolute Gasteiger partial charge is 0.493 e. The monoisotopic (exact) mass is 236 g/mol. The van der Waals surface area contributed by atoms with Crippen LogP contribution >= 0.6 is 12.6 Å². The van der Waals surface area contributed by atoms with Crippen LogP contribution in [0.15, 0.2) is 18.2 Å². The Bertz CT molecular complexity index is 343. The van der Waals surface area contributed by atoms with Gasteiger partial charge in [0.05, 0.1) is 6.61 Å². The maximum Gasteiger partial charge on any atom is 0.119 e. The molecule has 2 rings (SSSR count). The van der Waals surface area contributed by atoms with Gasteiger partial charge in [0, 0.05) is 5.41 Å². The zero-order chi connectivity index (χ0) is 11.6. The molecule has 0 N–H and O–H groups in total. The minimum atomic E-state index is 0.348. The molecule has 0 aliphatic heterocycles. The molecular formula is C14H20OS. The van der Waals surface area contributed by atoms with Gasteiger partial charge in [-0.2, -0.15) is 12.6 Å². The van der Waals surface area contributed by atoms with E-state index in [1.165, 1.54) is 30.4 Å². The Morgan fingerprint density at radius 3 is 2.25 bits per heavy atom. The van der Waals surface area contributed by atoms with Crippen LogP contribution in [0.25, 0.3) is 0 Å². The Morgan fingerprint density at radius 1 is 1.19 bits per heavy atom. The molecule has 0 unspecified atom stereocenters. The highest BCUT2D eigenvalue weighted by Crippen LogP contribution is 2.42. The molecule has 0 bridgehead atoms. The predicted molar refractivity (Wildman–Crippen MR) is 71.5 cm³/mol. The molecule has 1 aliphatic carbocycles. The Balaban J connectivity index is 1.98. The van der Waals surface area contributed by atoms with E-state index in [4.69, 9.17) is 4.74 Å². The van der Waals surface area contributed by atoms with Gasteiger partial charge in [-0.3, -0.25) is 0 Å². The van der Waals surface area contributed by atoms with Crippen LogP contribution in [0.4, 0.5) is 0 Å². The van der Waals surface area contributed by atoms with Crippen LogP contribution in [0.5, 0.6) is 5.75 Å². The van der Waals surface area contributed by atoms with Gasteiger partial charge in [-0.1, -0.05) is 12.5 Å². The Labute approximate surface area is 104 Å². The van der Waals surface area contributed by atoms with E-state index in [0.29, 0.717) is 5.41 Å². The SMILES string of the molecule is Cc1cc(C)cc(OCC2(CS)CCC2)c1. The Hall–Kier alpha value is -0.630. The summed E-state index contributed by atoms with van der Waals surface area (Å²) in [5.74, 6) is 1.95. The fourth-order valence-corrected chi connectivity index (χ4v) is 2.69. The number of ether oxygens (including phenoxy) is 1. The first-order valence-corrected chi connectivity index (χ1v) is 6.59. The molecular weight excluding hydrogens is 216 g/mol. The fourth-order valence-electron chi connectivity index (χ4n) is 2.28. The Morgan fingerprint density at radius 2 is 1.81 bits per heavy atom. The van der Waals surface area contributed by atoms with Gasteiger partial charge in [0.1, 0.15) is 5.75 Å². The van der Waals surface area contributed by atoms with Gasteiger partial charge in [-0.25, -0.2) is 0 Å². The minimum absolute atomic E-state index is 0.348. The van der Waals surface area contributed by atoms with Crippen molar-refractivity contribution in [2.75, 3.05) is 12.4 Å². The zero-order valence-corrected chi connectivity index (χ0v) is 11.0. The van der Waals surface area contributed by atoms with Crippen molar-refractivity contribution in [3.8, 4) is 5.75 Å². The molecule has 16 heavy (non-hydrogen) atoms. The lowest BCUT2D eigenvalue weighted by Crippen LogP contribution is -2.37. The van der Waals surface area contributed by atoms with Crippen LogP contribution in [0.3, 0.4) is 0 Å². The average molecular weight is 236 g/mol. The van der Waals surface area contributed by atoms with Crippen LogP contribution in [0.2, 0.25) is 0 Å². The zero-order valence-electron chi connectivity index (χ0n) is 10.1. The van der Waals surface area contributed by atoms with Crippen LogP contribution in [0.1, 0.15) is 30.4 Å². The smallest absolute Gasteiger partial charge is 0.119 e. The van der Waals surface area contributed by atoms with Gasteiger partial charge in [-0.15, -0.1) is 0 Å². The van der Waals surface area contributed by atoms with Gasteiger partial charge in [0.25, 0.3) is 0 Å². The summed E-state index contributed by atoms with van der Waals surface area (Å²) < 4.78 is 5.92. The van der Waals surface area contributed by atoms with E-state index < -0.39 is 0 Å². The van der Waals surface area contributed by atoms with Crippen molar-refractivity contribution in [3.05, 3.63) is 29.3 Å². The van der Waals surface area contributed by atoms with Crippen molar-refractivity contribution < 1.29 is 4.74 Å². The molecule has 2 heteroatoms. The fraction of sp³-hybridized carbons (Fsp3) is 0.571. The number of thiol groups is 1. The van der Waals surface area contributed by atoms with Crippen molar-refractivity contribution >= 4 is 12.6 Å². The number of rotatable bonds is 4. The summed E-state index contributed by atoms with van der Waals surface area (Å²) in [5.41, 5.74) is 2.88. The molecule has 1 aromatic rings. The maximum atomic E-state index is 5.92. The van der Waals surface area contributed by atoms with Crippen molar-refractivity contribution in [2.24, 2.45) is 5.41 Å². The molecule has 0 saturated heterocycles. The lowest BCUT2D eigenvalue weighted by atomic mass is 9.71. The van der Waals surface area contributed by atoms with Crippen molar-refractivity contribution in [2.45, 2.75) is 33.1 Å². The number of benzene rings is 1. The molecule has 0 heterocycles. The molecule has 0 aromatic heterocycles. The molecule has 88 valence electrons. The molecule has 0 spiro atoms. The maximum absolute atomic E-state index is 5.92. The second-order valence-corrected chi connectivity index (χ2v) is 5.44. The quantitative estimate of drug-likeness (QED) is 0.783. The van der Waals surface area contributed by atoms with E-state index in [1.54, 1.807) is 0 Å². The molecule has 0 amide bonds. The first-order valence-electron chi connectivity index (χ1n) is 5.96. The van der Waals surface area contributed by atoms with Crippen LogP contribution < -0.4 is 4.74 Å². The van der Waals surface area contributed by atoms with E-state index >= 15 is 0 Å². The van der Waals surface area contributed by atoms with E-state index in [1.807, 2.05) is 0 Å². The first-order chi connectivity index (χ1) is 7.63. The number of hydrogen-bond acceptors (Lipinski definition) is 2. The van der Waals surface area contributed by atoms with E-state index in [0.717, 1.165) is 18.1 Å². The van der Waals surface area contributed by atoms with Crippen molar-refractivity contribution in [1.82, 2.24) is 0 Å². The average Bonchev–Trinajstić information content (AvgIpc) is 2.15. The third-order valence-electron chi connectivity index (χ3n) is 3.49. The van der Waals surface area contributed by atoms with Crippen LogP contribution in [-0.4, -0.2) is 12.4 Å². The van der Waals surface area contributed by atoms with Gasteiger partial charge >= 0.3 is 0 Å². The minimum Gasteiger partial charge on any atom is -0.493 e. The molecule has 1 aromatic carbocycles. The van der Waals surface area contributed by atoms with Gasteiger partial charge in [-0.05, 0) is 55.7 Å². The lowest BCUT2D eigenvalue weighted by molar-refractivity contribution is 0.0829. The number of aryl methyl sites for hydroxylation is 2. The molecule has 1 nitrogen and oxygen atoms in total. The highest BCUT2D eigenvalue weighted by Gasteiger charge is 2.36. The molecule has 0 atom stereocenters. The van der Waals surface area contributed by atoms with E-state index in [9.17, 15) is 0 Å². The van der Waals surface area contributed by atoms with Gasteiger partial charge in [0.2, 0.25) is 0 Å². The summed E-state index contributed by atoms with van der Waals surface area (Å²) >= 11 is 4.44. The summed E-state index contributed by atoms with van der Waals surface area (Å²) in [6, 6.07) is 6.39. The molecule has 0 radical (unpaired) electrons. The van der Waals surface area contributed by atoms with Crippen LogP contribution in [0, 0.1) is 19.3 Å². The lowest BCUT2D eigenvalue weighted by Gasteiger charge is -2.40. The normalized spacial score (nSPS) is 17.9. The first kappa shape index (κ1) is 11.8. The third kappa shape index (κ3) is 2.54. The van der Waals surface area contributed by atoms with Gasteiger partial charge < -0.3 is 4.74 Å². The third-order valence-corrected chi connectivity index (χ3v) is 4.16. The second kappa shape index (κ2) is 4.70. The number of hydrogen-bond donors (Lipinski definition) is 1. The summed E-state index contributed by atoms with van der Waals surface area (Å²) in [6.07, 6.45) is 3.86. The second-order valence-electron chi connectivity index (χ2n) is 5.12. The van der Waals surface area contributed by atoms with E-state index in [-0.39, 0.29) is 0 Å². The summed E-state index contributed by atoms with van der Waals surface area (Å²) in [5, 5.41) is 0. The van der Waals surface area contributed by atoms with Crippen LogP contribution in [-0.2, 0) is 0 Å². The molecule has 1 fully saturated rings. The molecule has 1 aliphatic rings. The summed E-state index contributed by atoms with van der Waals surface area (Å²) in [7, 11) is 0. The Kier molecular flexibility index (Phi) is 3.48. The highest BCUT2D eigenvalue weighted by atomic mass is 32.1. The van der Waals surface area contributed by atoms with Crippen molar-refractivity contribution in [1.29, 1.82) is 0 Å². The van der Waals surface area contributed by atoms with E-state index in [2.05, 4.69) is 44.7 Å². The highest BCUT2D eigenvalue weighted by molar-refractivity contribution is 7.80.